The number of hydrogen-bond acceptors (Lipinski definition) is 5. The van der Waals surface area contributed by atoms with Gasteiger partial charge in [-0.15, -0.1) is 11.8 Å². The zero-order valence-corrected chi connectivity index (χ0v) is 22.3. The lowest BCUT2D eigenvalue weighted by atomic mass is 10.1. The molecule has 0 spiro atoms. The molecular formula is C31H26FN3O4S. The minimum Gasteiger partial charge on any atom is -0.497 e. The van der Waals surface area contributed by atoms with Gasteiger partial charge >= 0.3 is 0 Å². The van der Waals surface area contributed by atoms with Crippen LogP contribution in [0.3, 0.4) is 0 Å². The van der Waals surface area contributed by atoms with Gasteiger partial charge < -0.3 is 20.7 Å². The molecule has 0 aliphatic carbocycles. The van der Waals surface area contributed by atoms with E-state index < -0.39 is 17.6 Å². The van der Waals surface area contributed by atoms with Crippen LogP contribution in [0.1, 0.15) is 15.9 Å². The molecule has 4 aromatic rings. The van der Waals surface area contributed by atoms with Crippen LogP contribution in [0.2, 0.25) is 0 Å². The molecule has 0 saturated carbocycles. The van der Waals surface area contributed by atoms with Crippen LogP contribution in [0.15, 0.2) is 114 Å². The molecule has 0 saturated heterocycles. The van der Waals surface area contributed by atoms with Gasteiger partial charge in [0.1, 0.15) is 17.3 Å². The number of amides is 3. The van der Waals surface area contributed by atoms with Gasteiger partial charge in [0.15, 0.2) is 0 Å². The summed E-state index contributed by atoms with van der Waals surface area (Å²) < 4.78 is 19.0. The number of para-hydroxylation sites is 1. The van der Waals surface area contributed by atoms with Crippen LogP contribution < -0.4 is 20.7 Å². The largest absolute Gasteiger partial charge is 0.497 e. The first kappa shape index (κ1) is 28.1. The van der Waals surface area contributed by atoms with Gasteiger partial charge in [-0.05, 0) is 72.3 Å². The highest BCUT2D eigenvalue weighted by Crippen LogP contribution is 2.22. The van der Waals surface area contributed by atoms with Gasteiger partial charge in [-0.25, -0.2) is 4.39 Å². The van der Waals surface area contributed by atoms with E-state index in [1.807, 2.05) is 0 Å². The van der Waals surface area contributed by atoms with Crippen molar-refractivity contribution in [3.8, 4) is 5.75 Å². The molecule has 9 heteroatoms. The summed E-state index contributed by atoms with van der Waals surface area (Å²) in [4.78, 5) is 39.0. The van der Waals surface area contributed by atoms with Crippen LogP contribution in [-0.2, 0) is 9.59 Å². The van der Waals surface area contributed by atoms with Crippen LogP contribution in [0.4, 0.5) is 15.8 Å². The van der Waals surface area contributed by atoms with Crippen LogP contribution >= 0.6 is 11.8 Å². The number of rotatable bonds is 10. The second-order valence-corrected chi connectivity index (χ2v) is 9.50. The van der Waals surface area contributed by atoms with E-state index in [-0.39, 0.29) is 23.0 Å². The zero-order valence-electron chi connectivity index (χ0n) is 21.5. The molecule has 0 aliphatic rings. The van der Waals surface area contributed by atoms with Crippen molar-refractivity contribution in [2.75, 3.05) is 23.5 Å². The number of thioether (sulfide) groups is 1. The number of nitrogens with one attached hydrogen (secondary N) is 3. The number of benzene rings is 4. The number of anilines is 2. The smallest absolute Gasteiger partial charge is 0.272 e. The first-order valence-corrected chi connectivity index (χ1v) is 13.2. The van der Waals surface area contributed by atoms with Crippen molar-refractivity contribution in [1.82, 2.24) is 5.32 Å². The fourth-order valence-corrected chi connectivity index (χ4v) is 4.27. The van der Waals surface area contributed by atoms with E-state index >= 15 is 0 Å². The topological polar surface area (TPSA) is 96.5 Å². The van der Waals surface area contributed by atoms with Crippen LogP contribution in [0, 0.1) is 5.82 Å². The average Bonchev–Trinajstić information content (AvgIpc) is 2.98. The molecule has 0 bridgehead atoms. The highest BCUT2D eigenvalue weighted by Gasteiger charge is 2.15. The summed E-state index contributed by atoms with van der Waals surface area (Å²) in [5.74, 6) is -1.09. The first-order valence-electron chi connectivity index (χ1n) is 12.2. The van der Waals surface area contributed by atoms with Gasteiger partial charge in [-0.2, -0.15) is 0 Å². The lowest BCUT2D eigenvalue weighted by Gasteiger charge is -2.12. The normalized spacial score (nSPS) is 10.9. The molecule has 0 unspecified atom stereocenters. The van der Waals surface area contributed by atoms with Crippen molar-refractivity contribution >= 4 is 46.9 Å². The molecule has 202 valence electrons. The summed E-state index contributed by atoms with van der Waals surface area (Å²) >= 11 is 1.27. The summed E-state index contributed by atoms with van der Waals surface area (Å²) in [5.41, 5.74) is 1.75. The molecule has 0 fully saturated rings. The van der Waals surface area contributed by atoms with Crippen molar-refractivity contribution in [3.05, 3.63) is 126 Å². The van der Waals surface area contributed by atoms with Gasteiger partial charge in [0, 0.05) is 16.1 Å². The van der Waals surface area contributed by atoms with Crippen molar-refractivity contribution in [2.24, 2.45) is 0 Å². The third-order valence-corrected chi connectivity index (χ3v) is 6.58. The molecule has 3 amide bonds. The summed E-state index contributed by atoms with van der Waals surface area (Å²) in [6.07, 6.45) is 1.57. The monoisotopic (exact) mass is 555 g/mol. The quantitative estimate of drug-likeness (QED) is 0.165. The standard InChI is InChI=1S/C31H26FN3O4S/c1-39-24-11-7-8-21(18-24)19-28(35-30(37)22-9-3-2-4-10-22)31(38)33-23-14-16-25(17-15-23)40-20-29(36)34-27-13-6-5-12-26(27)32/h2-19H,20H2,1H3,(H,33,38)(H,34,36)(H,35,37)/b28-19-. The zero-order chi connectivity index (χ0) is 28.3. The molecule has 3 N–H and O–H groups in total. The van der Waals surface area contributed by atoms with Gasteiger partial charge in [0.25, 0.3) is 11.8 Å². The van der Waals surface area contributed by atoms with Crippen molar-refractivity contribution in [2.45, 2.75) is 4.90 Å². The number of halogens is 1. The molecule has 0 radical (unpaired) electrons. The Morgan fingerprint density at radius 1 is 0.850 bits per heavy atom. The van der Waals surface area contributed by atoms with E-state index in [0.29, 0.717) is 22.6 Å². The Morgan fingerprint density at radius 2 is 1.57 bits per heavy atom. The highest BCUT2D eigenvalue weighted by molar-refractivity contribution is 8.00. The molecule has 4 rings (SSSR count). The Morgan fingerprint density at radius 3 is 2.30 bits per heavy atom. The molecule has 0 aromatic heterocycles. The van der Waals surface area contributed by atoms with Gasteiger partial charge in [-0.1, -0.05) is 42.5 Å². The molecule has 0 heterocycles. The molecule has 40 heavy (non-hydrogen) atoms. The highest BCUT2D eigenvalue weighted by atomic mass is 32.2. The molecule has 0 atom stereocenters. The first-order chi connectivity index (χ1) is 19.4. The van der Waals surface area contributed by atoms with E-state index in [9.17, 15) is 18.8 Å². The van der Waals surface area contributed by atoms with Crippen molar-refractivity contribution in [3.63, 3.8) is 0 Å². The number of methoxy groups -OCH3 is 1. The Bertz CT molecular complexity index is 1530. The summed E-state index contributed by atoms with van der Waals surface area (Å²) in [7, 11) is 1.55. The molecule has 7 nitrogen and oxygen atoms in total. The maximum absolute atomic E-state index is 13.7. The fourth-order valence-electron chi connectivity index (χ4n) is 3.57. The van der Waals surface area contributed by atoms with Crippen molar-refractivity contribution in [1.29, 1.82) is 0 Å². The minimum absolute atomic E-state index is 0.0466. The Kier molecular flexibility index (Phi) is 9.68. The van der Waals surface area contributed by atoms with Crippen molar-refractivity contribution < 1.29 is 23.5 Å². The fraction of sp³-hybridized carbons (Fsp3) is 0.0645. The van der Waals surface area contributed by atoms with Crippen LogP contribution in [0.5, 0.6) is 5.75 Å². The second-order valence-electron chi connectivity index (χ2n) is 8.45. The SMILES string of the molecule is COc1cccc(/C=C(\NC(=O)c2ccccc2)C(=O)Nc2ccc(SCC(=O)Nc3ccccc3F)cc2)c1. The van der Waals surface area contributed by atoms with Gasteiger partial charge in [0.05, 0.1) is 18.6 Å². The predicted molar refractivity (Wildman–Crippen MR) is 156 cm³/mol. The van der Waals surface area contributed by atoms with E-state index in [2.05, 4.69) is 16.0 Å². The average molecular weight is 556 g/mol. The van der Waals surface area contributed by atoms with Gasteiger partial charge in [-0.3, -0.25) is 14.4 Å². The third kappa shape index (κ3) is 8.05. The summed E-state index contributed by atoms with van der Waals surface area (Å²) in [5, 5.41) is 8.04. The van der Waals surface area contributed by atoms with Gasteiger partial charge in [0.2, 0.25) is 5.91 Å². The predicted octanol–water partition coefficient (Wildman–Crippen LogP) is 5.97. The lowest BCUT2D eigenvalue weighted by molar-refractivity contribution is -0.114. The van der Waals surface area contributed by atoms with E-state index in [4.69, 9.17) is 4.74 Å². The number of carbonyl (C=O) groups is 3. The third-order valence-electron chi connectivity index (χ3n) is 5.56. The summed E-state index contributed by atoms with van der Waals surface area (Å²) in [6.45, 7) is 0. The molecular weight excluding hydrogens is 529 g/mol. The number of carbonyl (C=O) groups excluding carboxylic acids is 3. The Labute approximate surface area is 235 Å². The Hall–Kier alpha value is -4.89. The summed E-state index contributed by atoms with van der Waals surface area (Å²) in [6, 6.07) is 28.6. The number of ether oxygens (including phenoxy) is 1. The minimum atomic E-state index is -0.517. The van der Waals surface area contributed by atoms with Crippen LogP contribution in [-0.4, -0.2) is 30.6 Å². The van der Waals surface area contributed by atoms with E-state index in [1.165, 1.54) is 23.9 Å². The maximum atomic E-state index is 13.7. The lowest BCUT2D eigenvalue weighted by Crippen LogP contribution is -2.30. The maximum Gasteiger partial charge on any atom is 0.272 e. The van der Waals surface area contributed by atoms with E-state index in [1.54, 1.807) is 104 Å². The second kappa shape index (κ2) is 13.8. The number of hydrogen-bond donors (Lipinski definition) is 3. The molecule has 4 aromatic carbocycles. The van der Waals surface area contributed by atoms with E-state index in [0.717, 1.165) is 4.90 Å². The Balaban J connectivity index is 1.42. The van der Waals surface area contributed by atoms with Crippen LogP contribution in [0.25, 0.3) is 6.08 Å². The molecule has 0 aliphatic heterocycles.